The van der Waals surface area contributed by atoms with Crippen LogP contribution >= 0.6 is 0 Å². The molecule has 1 spiro atoms. The van der Waals surface area contributed by atoms with Crippen molar-refractivity contribution in [1.29, 1.82) is 0 Å². The van der Waals surface area contributed by atoms with E-state index in [2.05, 4.69) is 72.6 Å². The monoisotopic (exact) mass is 400 g/mol. The molecule has 0 aromatic heterocycles. The van der Waals surface area contributed by atoms with Crippen molar-refractivity contribution < 1.29 is 5.11 Å². The summed E-state index contributed by atoms with van der Waals surface area (Å²) in [5, 5.41) is 13.4. The van der Waals surface area contributed by atoms with E-state index in [0.29, 0.717) is 23.0 Å². The molecule has 3 nitrogen and oxygen atoms in total. The number of hydrogen-bond donors (Lipinski definition) is 2. The van der Waals surface area contributed by atoms with Crippen molar-refractivity contribution >= 4 is 5.69 Å². The molecule has 0 radical (unpaired) electrons. The zero-order valence-corrected chi connectivity index (χ0v) is 18.1. The van der Waals surface area contributed by atoms with Gasteiger partial charge in [0.15, 0.2) is 0 Å². The van der Waals surface area contributed by atoms with Gasteiger partial charge in [-0.25, -0.2) is 0 Å². The van der Waals surface area contributed by atoms with Crippen LogP contribution in [-0.2, 0) is 6.42 Å². The van der Waals surface area contributed by atoms with Crippen LogP contribution in [0.2, 0.25) is 0 Å². The van der Waals surface area contributed by atoms with E-state index in [1.807, 2.05) is 12.1 Å². The Bertz CT molecular complexity index is 976. The van der Waals surface area contributed by atoms with Crippen LogP contribution in [0.15, 0.2) is 66.3 Å². The molecule has 5 rings (SSSR count). The van der Waals surface area contributed by atoms with Crippen molar-refractivity contribution in [3.05, 3.63) is 83.0 Å². The third-order valence-corrected chi connectivity index (χ3v) is 7.38. The van der Waals surface area contributed by atoms with Crippen LogP contribution in [0.1, 0.15) is 42.9 Å². The molecular formula is C27H32N2O. The first-order valence-electron chi connectivity index (χ1n) is 11.3. The fourth-order valence-corrected chi connectivity index (χ4v) is 5.74. The maximum atomic E-state index is 10.0. The number of phenolic OH excluding ortho intramolecular Hbond substituents is 1. The summed E-state index contributed by atoms with van der Waals surface area (Å²) < 4.78 is 0. The molecule has 2 N–H and O–H groups in total. The SMILES string of the molecule is C/C=C\C(=C/C)C1CCc2cc(O)ccc2C1c1ccc(N2CC3(CNC3)C2)cc1. The Kier molecular flexibility index (Phi) is 4.94. The standard InChI is InChI=1S/C27H32N2O/c1-3-5-19(4-2)24-12-8-21-14-23(30)11-13-25(21)26(24)20-6-9-22(10-7-20)29-17-27(18-29)15-28-16-27/h3-7,9-11,13-14,24,26,28,30H,8,12,15-18H2,1-2H3/b5-3-,19-4+. The van der Waals surface area contributed by atoms with Gasteiger partial charge in [-0.1, -0.05) is 36.4 Å². The lowest BCUT2D eigenvalue weighted by Crippen LogP contribution is -2.71. The molecule has 30 heavy (non-hydrogen) atoms. The first kappa shape index (κ1) is 19.4. The Morgan fingerprint density at radius 3 is 2.50 bits per heavy atom. The lowest BCUT2D eigenvalue weighted by atomic mass is 9.68. The minimum atomic E-state index is 0.323. The Labute approximate surface area is 180 Å². The third-order valence-electron chi connectivity index (χ3n) is 7.38. The van der Waals surface area contributed by atoms with Gasteiger partial charge in [-0.15, -0.1) is 0 Å². The predicted octanol–water partition coefficient (Wildman–Crippen LogP) is 5.02. The molecule has 2 aromatic carbocycles. The summed E-state index contributed by atoms with van der Waals surface area (Å²) in [5.74, 6) is 1.16. The first-order chi connectivity index (χ1) is 14.6. The molecule has 0 amide bonds. The minimum Gasteiger partial charge on any atom is -0.508 e. The number of phenols is 1. The Balaban J connectivity index is 1.47. The van der Waals surface area contributed by atoms with Gasteiger partial charge in [0.1, 0.15) is 5.75 Å². The molecule has 2 unspecified atom stereocenters. The Morgan fingerprint density at radius 1 is 1.10 bits per heavy atom. The molecule has 2 aromatic rings. The number of aromatic hydroxyl groups is 1. The number of benzene rings is 2. The fraction of sp³-hybridized carbons (Fsp3) is 0.407. The van der Waals surface area contributed by atoms with Crippen LogP contribution in [0.4, 0.5) is 5.69 Å². The van der Waals surface area contributed by atoms with Gasteiger partial charge in [0.05, 0.1) is 0 Å². The largest absolute Gasteiger partial charge is 0.508 e. The smallest absolute Gasteiger partial charge is 0.115 e. The average molecular weight is 401 g/mol. The average Bonchev–Trinajstić information content (AvgIpc) is 2.70. The van der Waals surface area contributed by atoms with Crippen molar-refractivity contribution in [3.63, 3.8) is 0 Å². The summed E-state index contributed by atoms with van der Waals surface area (Å²) in [6.07, 6.45) is 8.81. The summed E-state index contributed by atoms with van der Waals surface area (Å²) >= 11 is 0. The highest BCUT2D eigenvalue weighted by Crippen LogP contribution is 2.46. The molecule has 3 aliphatic rings. The topological polar surface area (TPSA) is 35.5 Å². The molecule has 3 heteroatoms. The van der Waals surface area contributed by atoms with Gasteiger partial charge in [-0.3, -0.25) is 0 Å². The molecule has 0 saturated carbocycles. The van der Waals surface area contributed by atoms with Gasteiger partial charge in [0.2, 0.25) is 0 Å². The Morgan fingerprint density at radius 2 is 1.87 bits per heavy atom. The second-order valence-corrected chi connectivity index (χ2v) is 9.35. The number of anilines is 1. The molecule has 2 heterocycles. The lowest BCUT2D eigenvalue weighted by Gasteiger charge is -2.57. The van der Waals surface area contributed by atoms with Gasteiger partial charge >= 0.3 is 0 Å². The van der Waals surface area contributed by atoms with Crippen LogP contribution in [0.25, 0.3) is 0 Å². The molecule has 2 saturated heterocycles. The van der Waals surface area contributed by atoms with Crippen molar-refractivity contribution in [1.82, 2.24) is 5.32 Å². The van der Waals surface area contributed by atoms with E-state index in [-0.39, 0.29) is 0 Å². The first-order valence-corrected chi connectivity index (χ1v) is 11.3. The maximum Gasteiger partial charge on any atom is 0.115 e. The van der Waals surface area contributed by atoms with E-state index < -0.39 is 0 Å². The van der Waals surface area contributed by atoms with Gasteiger partial charge in [-0.2, -0.15) is 0 Å². The van der Waals surface area contributed by atoms with Crippen LogP contribution < -0.4 is 10.2 Å². The Hall–Kier alpha value is -2.52. The highest BCUT2D eigenvalue weighted by atomic mass is 16.3. The summed E-state index contributed by atoms with van der Waals surface area (Å²) in [4.78, 5) is 2.51. The number of nitrogens with zero attached hydrogens (tertiary/aromatic N) is 1. The lowest BCUT2D eigenvalue weighted by molar-refractivity contribution is 0.121. The molecule has 156 valence electrons. The number of nitrogens with one attached hydrogen (secondary N) is 1. The molecule has 1 aliphatic carbocycles. The normalized spacial score (nSPS) is 25.1. The second-order valence-electron chi connectivity index (χ2n) is 9.35. The van der Waals surface area contributed by atoms with Gasteiger partial charge in [0.25, 0.3) is 0 Å². The predicted molar refractivity (Wildman–Crippen MR) is 124 cm³/mol. The molecule has 2 aliphatic heterocycles. The van der Waals surface area contributed by atoms with E-state index in [0.717, 1.165) is 12.8 Å². The van der Waals surface area contributed by atoms with Crippen LogP contribution in [0.5, 0.6) is 5.75 Å². The van der Waals surface area contributed by atoms with E-state index in [1.165, 1.54) is 54.1 Å². The minimum absolute atomic E-state index is 0.323. The quantitative estimate of drug-likeness (QED) is 0.708. The van der Waals surface area contributed by atoms with Crippen molar-refractivity contribution in [2.75, 3.05) is 31.1 Å². The van der Waals surface area contributed by atoms with E-state index in [9.17, 15) is 5.11 Å². The number of hydrogen-bond acceptors (Lipinski definition) is 3. The summed E-state index contributed by atoms with van der Waals surface area (Å²) in [6.45, 7) is 8.95. The van der Waals surface area contributed by atoms with E-state index >= 15 is 0 Å². The number of allylic oxidation sites excluding steroid dienone is 4. The van der Waals surface area contributed by atoms with Crippen LogP contribution in [-0.4, -0.2) is 31.3 Å². The number of aryl methyl sites for hydroxylation is 1. The highest BCUT2D eigenvalue weighted by Gasteiger charge is 2.47. The number of fused-ring (bicyclic) bond motifs is 1. The van der Waals surface area contributed by atoms with Crippen LogP contribution in [0, 0.1) is 11.3 Å². The van der Waals surface area contributed by atoms with E-state index in [1.54, 1.807) is 0 Å². The van der Waals surface area contributed by atoms with Crippen molar-refractivity contribution in [2.24, 2.45) is 11.3 Å². The second kappa shape index (κ2) is 7.63. The number of rotatable bonds is 4. The molecule has 2 atom stereocenters. The van der Waals surface area contributed by atoms with E-state index in [4.69, 9.17) is 0 Å². The molecular weight excluding hydrogens is 368 g/mol. The van der Waals surface area contributed by atoms with Crippen molar-refractivity contribution in [3.8, 4) is 5.75 Å². The third kappa shape index (κ3) is 3.26. The van der Waals surface area contributed by atoms with Gasteiger partial charge in [-0.05, 0) is 79.1 Å². The fourth-order valence-electron chi connectivity index (χ4n) is 5.74. The van der Waals surface area contributed by atoms with Gasteiger partial charge < -0.3 is 15.3 Å². The molecule has 0 bridgehead atoms. The molecule has 2 fully saturated rings. The van der Waals surface area contributed by atoms with Crippen LogP contribution in [0.3, 0.4) is 0 Å². The zero-order chi connectivity index (χ0) is 20.7. The summed E-state index contributed by atoms with van der Waals surface area (Å²) in [7, 11) is 0. The summed E-state index contributed by atoms with van der Waals surface area (Å²) in [6, 6.07) is 15.2. The zero-order valence-electron chi connectivity index (χ0n) is 18.1. The van der Waals surface area contributed by atoms with Crippen molar-refractivity contribution in [2.45, 2.75) is 32.6 Å². The summed E-state index contributed by atoms with van der Waals surface area (Å²) in [5.41, 5.74) is 7.32. The maximum absolute atomic E-state index is 10.0. The van der Waals surface area contributed by atoms with Gasteiger partial charge in [0, 0.05) is 43.2 Å². The highest BCUT2D eigenvalue weighted by molar-refractivity contribution is 5.54.